The molecule has 0 bridgehead atoms. The maximum absolute atomic E-state index is 11.8. The molecule has 130 valence electrons. The van der Waals surface area contributed by atoms with Crippen molar-refractivity contribution in [1.29, 1.82) is 0 Å². The Kier molecular flexibility index (Phi) is 5.64. The van der Waals surface area contributed by atoms with E-state index in [0.717, 1.165) is 12.8 Å². The summed E-state index contributed by atoms with van der Waals surface area (Å²) in [5, 5.41) is 10.2. The molecule has 1 aromatic heterocycles. The molecule has 1 N–H and O–H groups in total. The van der Waals surface area contributed by atoms with Crippen molar-refractivity contribution in [3.8, 4) is 6.08 Å². The minimum Gasteiger partial charge on any atom is -0.447 e. The lowest BCUT2D eigenvalue weighted by Crippen LogP contribution is -2.44. The van der Waals surface area contributed by atoms with Gasteiger partial charge < -0.3 is 19.4 Å². The van der Waals surface area contributed by atoms with Crippen LogP contribution in [0.5, 0.6) is 6.08 Å². The van der Waals surface area contributed by atoms with E-state index in [1.54, 1.807) is 0 Å². The lowest BCUT2D eigenvalue weighted by molar-refractivity contribution is -0.325. The van der Waals surface area contributed by atoms with Crippen molar-refractivity contribution >= 4 is 11.9 Å². The van der Waals surface area contributed by atoms with Crippen LogP contribution in [0.2, 0.25) is 0 Å². The Bertz CT molecular complexity index is 515. The van der Waals surface area contributed by atoms with Gasteiger partial charge in [-0.3, -0.25) is 9.53 Å². The second kappa shape index (κ2) is 7.49. The van der Waals surface area contributed by atoms with E-state index < -0.39 is 13.0 Å². The van der Waals surface area contributed by atoms with Crippen LogP contribution in [-0.4, -0.2) is 54.8 Å². The molecule has 0 aromatic carbocycles. The summed E-state index contributed by atoms with van der Waals surface area (Å²) in [6.07, 6.45) is -3.44. The summed E-state index contributed by atoms with van der Waals surface area (Å²) in [4.78, 5) is 12.8. The van der Waals surface area contributed by atoms with Gasteiger partial charge in [0.1, 0.15) is 6.61 Å². The SMILES string of the molecule is CC(=O)NC1CCN(c2nnc(OCCOC(F)(F)F)o2)CC1. The second-order valence-corrected chi connectivity index (χ2v) is 4.96. The van der Waals surface area contributed by atoms with Crippen molar-refractivity contribution in [1.82, 2.24) is 15.5 Å². The molecule has 8 nitrogen and oxygen atoms in total. The van der Waals surface area contributed by atoms with E-state index in [0.29, 0.717) is 13.1 Å². The molecule has 0 unspecified atom stereocenters. The molecule has 2 heterocycles. The minimum atomic E-state index is -4.69. The molecule has 23 heavy (non-hydrogen) atoms. The van der Waals surface area contributed by atoms with E-state index >= 15 is 0 Å². The molecule has 1 fully saturated rings. The number of halogens is 3. The fourth-order valence-electron chi connectivity index (χ4n) is 2.18. The van der Waals surface area contributed by atoms with Gasteiger partial charge in [-0.2, -0.15) is 0 Å². The van der Waals surface area contributed by atoms with E-state index in [2.05, 4.69) is 20.3 Å². The van der Waals surface area contributed by atoms with Crippen molar-refractivity contribution in [3.05, 3.63) is 0 Å². The van der Waals surface area contributed by atoms with E-state index in [4.69, 9.17) is 9.15 Å². The number of nitrogens with one attached hydrogen (secondary N) is 1. The summed E-state index contributed by atoms with van der Waals surface area (Å²) >= 11 is 0. The molecule has 1 aromatic rings. The number of hydrogen-bond acceptors (Lipinski definition) is 7. The van der Waals surface area contributed by atoms with Crippen LogP contribution in [0, 0.1) is 0 Å². The summed E-state index contributed by atoms with van der Waals surface area (Å²) < 4.78 is 49.0. The topological polar surface area (TPSA) is 89.7 Å². The van der Waals surface area contributed by atoms with Gasteiger partial charge in [-0.25, -0.2) is 0 Å². The molecule has 0 spiro atoms. The first-order chi connectivity index (χ1) is 10.8. The Balaban J connectivity index is 1.73. The number of rotatable bonds is 6. The van der Waals surface area contributed by atoms with E-state index in [9.17, 15) is 18.0 Å². The third-order valence-corrected chi connectivity index (χ3v) is 3.14. The van der Waals surface area contributed by atoms with Gasteiger partial charge in [-0.15, -0.1) is 13.2 Å². The third-order valence-electron chi connectivity index (χ3n) is 3.14. The largest absolute Gasteiger partial charge is 0.522 e. The molecule has 0 atom stereocenters. The highest BCUT2D eigenvalue weighted by molar-refractivity contribution is 5.73. The van der Waals surface area contributed by atoms with Crippen LogP contribution >= 0.6 is 0 Å². The summed E-state index contributed by atoms with van der Waals surface area (Å²) in [5.41, 5.74) is 0. The van der Waals surface area contributed by atoms with Crippen LogP contribution < -0.4 is 15.0 Å². The molecule has 1 aliphatic rings. The Labute approximate surface area is 129 Å². The predicted molar refractivity (Wildman–Crippen MR) is 70.9 cm³/mol. The summed E-state index contributed by atoms with van der Waals surface area (Å²) in [7, 11) is 0. The zero-order valence-electron chi connectivity index (χ0n) is 12.4. The van der Waals surface area contributed by atoms with Crippen molar-refractivity contribution in [2.24, 2.45) is 0 Å². The van der Waals surface area contributed by atoms with Crippen molar-refractivity contribution in [3.63, 3.8) is 0 Å². The molecule has 0 saturated carbocycles. The quantitative estimate of drug-likeness (QED) is 0.777. The van der Waals surface area contributed by atoms with E-state index in [1.165, 1.54) is 6.92 Å². The van der Waals surface area contributed by atoms with Gasteiger partial charge in [-0.05, 0) is 12.8 Å². The second-order valence-electron chi connectivity index (χ2n) is 4.96. The van der Waals surface area contributed by atoms with Crippen LogP contribution in [0.4, 0.5) is 19.2 Å². The first-order valence-electron chi connectivity index (χ1n) is 7.02. The number of hydrogen-bond donors (Lipinski definition) is 1. The molecular formula is C12H17F3N4O4. The zero-order chi connectivity index (χ0) is 16.9. The van der Waals surface area contributed by atoms with Crippen LogP contribution in [0.3, 0.4) is 0 Å². The molecule has 1 saturated heterocycles. The standard InChI is InChI=1S/C12H17F3N4O4/c1-8(20)16-9-2-4-19(5-3-9)10-17-18-11(23-10)21-6-7-22-12(13,14)15/h9H,2-7H2,1H3,(H,16,20). The van der Waals surface area contributed by atoms with Crippen molar-refractivity contribution in [2.45, 2.75) is 32.2 Å². The number of ether oxygens (including phenoxy) is 2. The maximum Gasteiger partial charge on any atom is 0.522 e. The average Bonchev–Trinajstić information content (AvgIpc) is 2.92. The highest BCUT2D eigenvalue weighted by atomic mass is 19.4. The summed E-state index contributed by atoms with van der Waals surface area (Å²) in [6, 6.07) is 0.347. The number of carbonyl (C=O) groups excluding carboxylic acids is 1. The monoisotopic (exact) mass is 338 g/mol. The molecule has 11 heteroatoms. The molecule has 1 aliphatic heterocycles. The van der Waals surface area contributed by atoms with Crippen LogP contribution in [0.1, 0.15) is 19.8 Å². The van der Waals surface area contributed by atoms with Gasteiger partial charge in [-0.1, -0.05) is 10.2 Å². The molecule has 1 amide bonds. The van der Waals surface area contributed by atoms with Gasteiger partial charge >= 0.3 is 18.5 Å². The van der Waals surface area contributed by atoms with Gasteiger partial charge in [0.25, 0.3) is 0 Å². The normalized spacial score (nSPS) is 16.4. The fraction of sp³-hybridized carbons (Fsp3) is 0.750. The summed E-state index contributed by atoms with van der Waals surface area (Å²) in [5.74, 6) is -0.0713. The van der Waals surface area contributed by atoms with Crippen molar-refractivity contribution < 1.29 is 31.9 Å². The summed E-state index contributed by atoms with van der Waals surface area (Å²) in [6.45, 7) is 1.68. The Hall–Kier alpha value is -2.04. The number of alkyl halides is 3. The van der Waals surface area contributed by atoms with Gasteiger partial charge in [0, 0.05) is 26.1 Å². The maximum atomic E-state index is 11.8. The molecular weight excluding hydrogens is 321 g/mol. The number of amides is 1. The van der Waals surface area contributed by atoms with Crippen LogP contribution in [0.25, 0.3) is 0 Å². The molecule has 0 radical (unpaired) electrons. The lowest BCUT2D eigenvalue weighted by atomic mass is 10.1. The third kappa shape index (κ3) is 5.93. The van der Waals surface area contributed by atoms with Gasteiger partial charge in [0.15, 0.2) is 0 Å². The first-order valence-corrected chi connectivity index (χ1v) is 7.02. The number of carbonyl (C=O) groups is 1. The Morgan fingerprint density at radius 1 is 1.35 bits per heavy atom. The number of anilines is 1. The van der Waals surface area contributed by atoms with E-state index in [1.807, 2.05) is 4.90 Å². The predicted octanol–water partition coefficient (Wildman–Crippen LogP) is 1.09. The van der Waals surface area contributed by atoms with Crippen molar-refractivity contribution in [2.75, 3.05) is 31.2 Å². The van der Waals surface area contributed by atoms with Crippen LogP contribution in [0.15, 0.2) is 4.42 Å². The first kappa shape index (κ1) is 17.3. The minimum absolute atomic E-state index is 0.0713. The Morgan fingerprint density at radius 3 is 2.65 bits per heavy atom. The number of aromatic nitrogens is 2. The van der Waals surface area contributed by atoms with Crippen LogP contribution in [-0.2, 0) is 9.53 Å². The highest BCUT2D eigenvalue weighted by Gasteiger charge is 2.29. The fourth-order valence-corrected chi connectivity index (χ4v) is 2.18. The molecule has 2 rings (SSSR count). The number of piperidine rings is 1. The molecule has 0 aliphatic carbocycles. The Morgan fingerprint density at radius 2 is 2.04 bits per heavy atom. The smallest absolute Gasteiger partial charge is 0.447 e. The highest BCUT2D eigenvalue weighted by Crippen LogP contribution is 2.21. The number of nitrogens with zero attached hydrogens (tertiary/aromatic N) is 3. The van der Waals surface area contributed by atoms with Gasteiger partial charge in [0.2, 0.25) is 5.91 Å². The van der Waals surface area contributed by atoms with Gasteiger partial charge in [0.05, 0.1) is 6.61 Å². The zero-order valence-corrected chi connectivity index (χ0v) is 12.4. The van der Waals surface area contributed by atoms with E-state index in [-0.39, 0.29) is 30.6 Å². The lowest BCUT2D eigenvalue weighted by Gasteiger charge is -2.30. The average molecular weight is 338 g/mol.